The summed E-state index contributed by atoms with van der Waals surface area (Å²) in [4.78, 5) is 2.35. The lowest BCUT2D eigenvalue weighted by atomic mass is 10.0. The Morgan fingerprint density at radius 1 is 1.47 bits per heavy atom. The smallest absolute Gasteiger partial charge is 0.123 e. The zero-order valence-corrected chi connectivity index (χ0v) is 13.3. The van der Waals surface area contributed by atoms with Gasteiger partial charge in [-0.15, -0.1) is 0 Å². The second-order valence-corrected chi connectivity index (χ2v) is 6.15. The molecule has 4 heteroatoms. The van der Waals surface area contributed by atoms with E-state index in [1.54, 1.807) is 7.11 Å². The molecule has 1 aromatic rings. The van der Waals surface area contributed by atoms with Crippen molar-refractivity contribution in [2.24, 2.45) is 5.92 Å². The lowest BCUT2D eigenvalue weighted by Crippen LogP contribution is -2.30. The number of halogens is 1. The number of ether oxygens (including phenoxy) is 2. The Labute approximate surface area is 124 Å². The lowest BCUT2D eigenvalue weighted by molar-refractivity contribution is 0.0411. The van der Waals surface area contributed by atoms with Crippen molar-refractivity contribution in [1.29, 1.82) is 0 Å². The topological polar surface area (TPSA) is 21.7 Å². The third-order valence-electron chi connectivity index (χ3n) is 3.51. The quantitative estimate of drug-likeness (QED) is 0.828. The molecule has 1 aromatic carbocycles. The molecule has 0 radical (unpaired) electrons. The van der Waals surface area contributed by atoms with Crippen LogP contribution in [0.2, 0.25) is 0 Å². The van der Waals surface area contributed by atoms with Crippen LogP contribution < -0.4 is 4.74 Å². The van der Waals surface area contributed by atoms with E-state index in [1.165, 1.54) is 18.4 Å². The molecule has 1 aliphatic rings. The average Bonchev–Trinajstić information content (AvgIpc) is 2.40. The van der Waals surface area contributed by atoms with E-state index in [-0.39, 0.29) is 0 Å². The summed E-state index contributed by atoms with van der Waals surface area (Å²) in [6.07, 6.45) is 2.47. The summed E-state index contributed by atoms with van der Waals surface area (Å²) < 4.78 is 12.1. The maximum absolute atomic E-state index is 5.54. The van der Waals surface area contributed by atoms with Crippen molar-refractivity contribution < 1.29 is 9.47 Å². The van der Waals surface area contributed by atoms with Gasteiger partial charge in [-0.3, -0.25) is 0 Å². The molecule has 0 N–H and O–H groups in total. The van der Waals surface area contributed by atoms with E-state index >= 15 is 0 Å². The van der Waals surface area contributed by atoms with Gasteiger partial charge >= 0.3 is 0 Å². The molecule has 1 unspecified atom stereocenters. The van der Waals surface area contributed by atoms with Crippen molar-refractivity contribution in [3.05, 3.63) is 28.2 Å². The van der Waals surface area contributed by atoms with Gasteiger partial charge in [-0.2, -0.15) is 0 Å². The minimum atomic E-state index is 0.664. The first-order chi connectivity index (χ1) is 9.19. The summed E-state index contributed by atoms with van der Waals surface area (Å²) in [5, 5.41) is 0. The van der Waals surface area contributed by atoms with Gasteiger partial charge in [-0.05, 0) is 44.0 Å². The molecular weight excluding hydrogens is 306 g/mol. The van der Waals surface area contributed by atoms with Gasteiger partial charge in [0.15, 0.2) is 0 Å². The maximum Gasteiger partial charge on any atom is 0.123 e. The van der Waals surface area contributed by atoms with Crippen molar-refractivity contribution in [2.45, 2.75) is 19.4 Å². The number of hydrogen-bond acceptors (Lipinski definition) is 3. The van der Waals surface area contributed by atoms with Crippen LogP contribution in [0.1, 0.15) is 18.4 Å². The van der Waals surface area contributed by atoms with Gasteiger partial charge in [0, 0.05) is 29.7 Å². The molecule has 1 fully saturated rings. The molecule has 0 aliphatic carbocycles. The number of nitrogens with zero attached hydrogens (tertiary/aromatic N) is 1. The Bertz CT molecular complexity index is 405. The molecule has 1 aliphatic heterocycles. The lowest BCUT2D eigenvalue weighted by Gasteiger charge is -2.27. The molecule has 0 aromatic heterocycles. The van der Waals surface area contributed by atoms with Crippen molar-refractivity contribution in [2.75, 3.05) is 33.9 Å². The molecule has 0 spiro atoms. The molecule has 2 rings (SSSR count). The van der Waals surface area contributed by atoms with E-state index in [0.29, 0.717) is 5.92 Å². The van der Waals surface area contributed by atoms with Crippen LogP contribution in [-0.4, -0.2) is 38.8 Å². The Hall–Kier alpha value is -0.580. The van der Waals surface area contributed by atoms with Crippen LogP contribution in [0.5, 0.6) is 5.75 Å². The molecule has 106 valence electrons. The van der Waals surface area contributed by atoms with Crippen LogP contribution in [-0.2, 0) is 11.3 Å². The largest absolute Gasteiger partial charge is 0.496 e. The van der Waals surface area contributed by atoms with E-state index in [4.69, 9.17) is 9.47 Å². The minimum Gasteiger partial charge on any atom is -0.496 e. The van der Waals surface area contributed by atoms with Gasteiger partial charge in [0.1, 0.15) is 5.75 Å². The molecule has 3 nitrogen and oxygen atoms in total. The second-order valence-electron chi connectivity index (χ2n) is 5.24. The second kappa shape index (κ2) is 7.27. The predicted molar refractivity (Wildman–Crippen MR) is 80.6 cm³/mol. The van der Waals surface area contributed by atoms with Crippen LogP contribution in [0.25, 0.3) is 0 Å². The van der Waals surface area contributed by atoms with E-state index < -0.39 is 0 Å². The normalized spacial score (nSPS) is 19.7. The highest BCUT2D eigenvalue weighted by Gasteiger charge is 2.16. The first-order valence-corrected chi connectivity index (χ1v) is 7.57. The third-order valence-corrected chi connectivity index (χ3v) is 4.00. The van der Waals surface area contributed by atoms with E-state index in [2.05, 4.69) is 33.9 Å². The molecule has 0 saturated carbocycles. The summed E-state index contributed by atoms with van der Waals surface area (Å²) in [7, 11) is 3.89. The number of hydrogen-bond donors (Lipinski definition) is 0. The highest BCUT2D eigenvalue weighted by molar-refractivity contribution is 9.10. The number of methoxy groups -OCH3 is 1. The summed E-state index contributed by atoms with van der Waals surface area (Å²) in [5.74, 6) is 1.62. The summed E-state index contributed by atoms with van der Waals surface area (Å²) >= 11 is 3.52. The van der Waals surface area contributed by atoms with Gasteiger partial charge in [-0.25, -0.2) is 0 Å². The summed E-state index contributed by atoms with van der Waals surface area (Å²) in [6, 6.07) is 6.15. The van der Waals surface area contributed by atoms with Crippen molar-refractivity contribution in [1.82, 2.24) is 4.90 Å². The molecule has 1 heterocycles. The highest BCUT2D eigenvalue weighted by Crippen LogP contribution is 2.24. The van der Waals surface area contributed by atoms with Gasteiger partial charge in [0.05, 0.1) is 13.7 Å². The Balaban J connectivity index is 1.93. The molecule has 19 heavy (non-hydrogen) atoms. The van der Waals surface area contributed by atoms with Crippen LogP contribution in [0.15, 0.2) is 22.7 Å². The Kier molecular flexibility index (Phi) is 5.67. The SMILES string of the molecule is COc1ccc(Br)cc1CN(C)CC1CCCOC1. The van der Waals surface area contributed by atoms with Gasteiger partial charge in [0.2, 0.25) is 0 Å². The third kappa shape index (κ3) is 4.48. The van der Waals surface area contributed by atoms with E-state index in [9.17, 15) is 0 Å². The predicted octanol–water partition coefficient (Wildman–Crippen LogP) is 3.32. The van der Waals surface area contributed by atoms with Gasteiger partial charge < -0.3 is 14.4 Å². The Morgan fingerprint density at radius 3 is 3.00 bits per heavy atom. The van der Waals surface area contributed by atoms with Crippen LogP contribution in [0.4, 0.5) is 0 Å². The standard InChI is InChI=1S/C15H22BrNO2/c1-17(9-12-4-3-7-19-11-12)10-13-8-14(16)5-6-15(13)18-2/h5-6,8,12H,3-4,7,9-11H2,1-2H3. The minimum absolute atomic E-state index is 0.664. The molecule has 1 saturated heterocycles. The van der Waals surface area contributed by atoms with Crippen molar-refractivity contribution >= 4 is 15.9 Å². The first kappa shape index (κ1) is 14.8. The number of benzene rings is 1. The van der Waals surface area contributed by atoms with Crippen molar-refractivity contribution in [3.63, 3.8) is 0 Å². The van der Waals surface area contributed by atoms with E-state index in [0.717, 1.165) is 36.5 Å². The fourth-order valence-corrected chi connectivity index (χ4v) is 3.03. The molecular formula is C15H22BrNO2. The molecule has 0 amide bonds. The van der Waals surface area contributed by atoms with Crippen LogP contribution in [0.3, 0.4) is 0 Å². The fraction of sp³-hybridized carbons (Fsp3) is 0.600. The van der Waals surface area contributed by atoms with E-state index in [1.807, 2.05) is 12.1 Å². The highest BCUT2D eigenvalue weighted by atomic mass is 79.9. The van der Waals surface area contributed by atoms with Gasteiger partial charge in [-0.1, -0.05) is 15.9 Å². The summed E-state index contributed by atoms with van der Waals surface area (Å²) in [5.41, 5.74) is 1.22. The number of rotatable bonds is 5. The molecule has 1 atom stereocenters. The Morgan fingerprint density at radius 2 is 2.32 bits per heavy atom. The summed E-state index contributed by atoms with van der Waals surface area (Å²) in [6.45, 7) is 3.81. The first-order valence-electron chi connectivity index (χ1n) is 6.77. The van der Waals surface area contributed by atoms with Crippen molar-refractivity contribution in [3.8, 4) is 5.75 Å². The maximum atomic E-state index is 5.54. The fourth-order valence-electron chi connectivity index (χ4n) is 2.62. The van der Waals surface area contributed by atoms with Crippen LogP contribution in [0, 0.1) is 5.92 Å². The zero-order valence-electron chi connectivity index (χ0n) is 11.7. The van der Waals surface area contributed by atoms with Gasteiger partial charge in [0.25, 0.3) is 0 Å². The van der Waals surface area contributed by atoms with Crippen LogP contribution >= 0.6 is 15.9 Å². The monoisotopic (exact) mass is 327 g/mol. The zero-order chi connectivity index (χ0) is 13.7. The average molecular weight is 328 g/mol. The molecule has 0 bridgehead atoms.